The minimum absolute atomic E-state index is 0. The van der Waals surface area contributed by atoms with Crippen LogP contribution in [0.2, 0.25) is 0 Å². The van der Waals surface area contributed by atoms with Crippen LogP contribution in [0.15, 0.2) is 60.7 Å². The smallest absolute Gasteiger partial charge is 0.237 e. The van der Waals surface area contributed by atoms with E-state index in [-0.39, 0.29) is 24.4 Å². The van der Waals surface area contributed by atoms with E-state index in [2.05, 4.69) is 53.5 Å². The highest BCUT2D eigenvalue weighted by Crippen LogP contribution is 2.33. The Balaban J connectivity index is 0.00000280. The van der Waals surface area contributed by atoms with Crippen LogP contribution in [-0.2, 0) is 4.79 Å². The molecular weight excluding hydrogens is 370 g/mol. The molecule has 0 radical (unpaired) electrons. The van der Waals surface area contributed by atoms with Gasteiger partial charge in [0.05, 0.1) is 6.04 Å². The number of likely N-dealkylation sites (tertiary alicyclic amines) is 1. The molecular formula is C23H32ClN3O. The Hall–Kier alpha value is -1.88. The number of nitrogens with zero attached hydrogens (tertiary/aromatic N) is 1. The van der Waals surface area contributed by atoms with Crippen molar-refractivity contribution in [3.05, 3.63) is 71.8 Å². The minimum atomic E-state index is -0.143. The minimum Gasteiger partial charge on any atom is -0.354 e. The van der Waals surface area contributed by atoms with Gasteiger partial charge < -0.3 is 11.1 Å². The number of benzene rings is 2. The number of hydrogen-bond donors (Lipinski definition) is 2. The zero-order valence-electron chi connectivity index (χ0n) is 16.8. The van der Waals surface area contributed by atoms with Gasteiger partial charge in [-0.1, -0.05) is 67.6 Å². The van der Waals surface area contributed by atoms with E-state index in [9.17, 15) is 4.79 Å². The lowest BCUT2D eigenvalue weighted by molar-refractivity contribution is -0.125. The molecule has 2 unspecified atom stereocenters. The van der Waals surface area contributed by atoms with Gasteiger partial charge in [0.15, 0.2) is 0 Å². The van der Waals surface area contributed by atoms with E-state index in [1.807, 2.05) is 31.2 Å². The molecule has 4 atom stereocenters. The predicted molar refractivity (Wildman–Crippen MR) is 118 cm³/mol. The molecule has 1 aliphatic heterocycles. The predicted octanol–water partition coefficient (Wildman–Crippen LogP) is 3.39. The van der Waals surface area contributed by atoms with E-state index in [1.165, 1.54) is 11.1 Å². The zero-order chi connectivity index (χ0) is 19.2. The molecule has 2 aromatic carbocycles. The molecule has 5 heteroatoms. The van der Waals surface area contributed by atoms with Crippen LogP contribution in [0.1, 0.15) is 36.8 Å². The lowest BCUT2D eigenvalue weighted by Gasteiger charge is -2.24. The molecule has 4 nitrogen and oxygen atoms in total. The Morgan fingerprint density at radius 2 is 1.68 bits per heavy atom. The Morgan fingerprint density at radius 1 is 1.07 bits per heavy atom. The van der Waals surface area contributed by atoms with Crippen molar-refractivity contribution in [1.29, 1.82) is 0 Å². The molecule has 0 spiro atoms. The summed E-state index contributed by atoms with van der Waals surface area (Å²) in [7, 11) is 0. The van der Waals surface area contributed by atoms with E-state index in [4.69, 9.17) is 5.73 Å². The van der Waals surface area contributed by atoms with E-state index in [0.717, 1.165) is 13.1 Å². The van der Waals surface area contributed by atoms with Gasteiger partial charge in [0, 0.05) is 25.6 Å². The van der Waals surface area contributed by atoms with Gasteiger partial charge in [-0.15, -0.1) is 12.4 Å². The van der Waals surface area contributed by atoms with Crippen LogP contribution in [0.25, 0.3) is 0 Å². The van der Waals surface area contributed by atoms with Gasteiger partial charge in [-0.3, -0.25) is 9.69 Å². The number of nitrogens with one attached hydrogen (secondary N) is 1. The number of hydrogen-bond acceptors (Lipinski definition) is 3. The highest BCUT2D eigenvalue weighted by Gasteiger charge is 2.36. The molecule has 0 aromatic heterocycles. The molecule has 1 heterocycles. The summed E-state index contributed by atoms with van der Waals surface area (Å²) in [6, 6.07) is 20.7. The van der Waals surface area contributed by atoms with E-state index < -0.39 is 0 Å². The Kier molecular flexibility index (Phi) is 8.49. The molecule has 1 aliphatic rings. The third-order valence-corrected chi connectivity index (χ3v) is 5.88. The monoisotopic (exact) mass is 401 g/mol. The second-order valence-electron chi connectivity index (χ2n) is 7.70. The first-order chi connectivity index (χ1) is 13.1. The Bertz CT molecular complexity index is 725. The summed E-state index contributed by atoms with van der Waals surface area (Å²) < 4.78 is 0. The maximum Gasteiger partial charge on any atom is 0.237 e. The quantitative estimate of drug-likeness (QED) is 0.747. The zero-order valence-corrected chi connectivity index (χ0v) is 17.6. The highest BCUT2D eigenvalue weighted by molar-refractivity contribution is 5.85. The summed E-state index contributed by atoms with van der Waals surface area (Å²) in [6.07, 6.45) is 0. The molecule has 0 saturated carbocycles. The second kappa shape index (κ2) is 10.6. The molecule has 0 aliphatic carbocycles. The molecule has 28 heavy (non-hydrogen) atoms. The fourth-order valence-corrected chi connectivity index (χ4v) is 4.00. The van der Waals surface area contributed by atoms with Crippen molar-refractivity contribution in [2.75, 3.05) is 26.2 Å². The molecule has 0 bridgehead atoms. The third-order valence-electron chi connectivity index (χ3n) is 5.88. The maximum atomic E-state index is 12.7. The van der Waals surface area contributed by atoms with Crippen LogP contribution in [0.5, 0.6) is 0 Å². The average molecular weight is 402 g/mol. The van der Waals surface area contributed by atoms with Crippen molar-refractivity contribution in [3.8, 4) is 0 Å². The van der Waals surface area contributed by atoms with Crippen molar-refractivity contribution in [2.24, 2.45) is 11.7 Å². The molecule has 1 saturated heterocycles. The van der Waals surface area contributed by atoms with Crippen molar-refractivity contribution in [3.63, 3.8) is 0 Å². The fraction of sp³-hybridized carbons (Fsp3) is 0.435. The average Bonchev–Trinajstić information content (AvgIpc) is 3.17. The Labute approximate surface area is 174 Å². The van der Waals surface area contributed by atoms with Crippen LogP contribution in [0, 0.1) is 5.92 Å². The molecule has 1 amide bonds. The summed E-state index contributed by atoms with van der Waals surface area (Å²) in [5, 5.41) is 3.13. The fourth-order valence-electron chi connectivity index (χ4n) is 4.00. The second-order valence-corrected chi connectivity index (χ2v) is 7.70. The summed E-state index contributed by atoms with van der Waals surface area (Å²) in [6.45, 7) is 7.21. The number of carbonyl (C=O) groups excluding carboxylic acids is 1. The number of carbonyl (C=O) groups is 1. The summed E-state index contributed by atoms with van der Waals surface area (Å²) in [5.74, 6) is 1.19. The first-order valence-corrected chi connectivity index (χ1v) is 9.91. The molecule has 3 N–H and O–H groups in total. The first-order valence-electron chi connectivity index (χ1n) is 9.91. The first kappa shape index (κ1) is 22.4. The SMILES string of the molecule is CC(CNC(=O)C(C)N1C[C@@H](CN)[C@H](c2ccccc2)C1)c1ccccc1.Cl. The van der Waals surface area contributed by atoms with E-state index in [0.29, 0.717) is 30.8 Å². The molecule has 2 aromatic rings. The van der Waals surface area contributed by atoms with Crippen LogP contribution >= 0.6 is 12.4 Å². The summed E-state index contributed by atoms with van der Waals surface area (Å²) in [4.78, 5) is 15.0. The van der Waals surface area contributed by atoms with Gasteiger partial charge in [-0.25, -0.2) is 0 Å². The number of amides is 1. The van der Waals surface area contributed by atoms with Crippen molar-refractivity contribution in [2.45, 2.75) is 31.7 Å². The molecule has 152 valence electrons. The van der Waals surface area contributed by atoms with Crippen LogP contribution in [0.4, 0.5) is 0 Å². The van der Waals surface area contributed by atoms with Crippen LogP contribution in [-0.4, -0.2) is 43.0 Å². The number of nitrogens with two attached hydrogens (primary N) is 1. The lowest BCUT2D eigenvalue weighted by atomic mass is 9.89. The highest BCUT2D eigenvalue weighted by atomic mass is 35.5. The van der Waals surface area contributed by atoms with Crippen molar-refractivity contribution in [1.82, 2.24) is 10.2 Å². The van der Waals surface area contributed by atoms with E-state index >= 15 is 0 Å². The summed E-state index contributed by atoms with van der Waals surface area (Å²) >= 11 is 0. The molecule has 3 rings (SSSR count). The maximum absolute atomic E-state index is 12.7. The van der Waals surface area contributed by atoms with Crippen LogP contribution in [0.3, 0.4) is 0 Å². The third kappa shape index (κ3) is 5.34. The Morgan fingerprint density at radius 3 is 2.29 bits per heavy atom. The van der Waals surface area contributed by atoms with Gasteiger partial charge in [0.25, 0.3) is 0 Å². The standard InChI is InChI=1S/C23H31N3O.ClH/c1-17(19-9-5-3-6-10-19)14-25-23(27)18(2)26-15-21(13-24)22(16-26)20-11-7-4-8-12-20;/h3-12,17-18,21-22H,13-16,24H2,1-2H3,(H,25,27);1H/t17?,18?,21-,22+;/m1./s1. The van der Waals surface area contributed by atoms with Crippen LogP contribution < -0.4 is 11.1 Å². The van der Waals surface area contributed by atoms with E-state index in [1.54, 1.807) is 0 Å². The normalized spacial score (nSPS) is 21.5. The number of rotatable bonds is 7. The van der Waals surface area contributed by atoms with Gasteiger partial charge in [0.2, 0.25) is 5.91 Å². The summed E-state index contributed by atoms with van der Waals surface area (Å²) in [5.41, 5.74) is 8.60. The van der Waals surface area contributed by atoms with Crippen molar-refractivity contribution < 1.29 is 4.79 Å². The topological polar surface area (TPSA) is 58.4 Å². The van der Waals surface area contributed by atoms with Crippen molar-refractivity contribution >= 4 is 18.3 Å². The number of halogens is 1. The largest absolute Gasteiger partial charge is 0.354 e. The van der Waals surface area contributed by atoms with Gasteiger partial charge in [0.1, 0.15) is 0 Å². The van der Waals surface area contributed by atoms with Gasteiger partial charge in [-0.2, -0.15) is 0 Å². The lowest BCUT2D eigenvalue weighted by Crippen LogP contribution is -2.45. The van der Waals surface area contributed by atoms with Gasteiger partial charge in [-0.05, 0) is 36.4 Å². The molecule has 1 fully saturated rings. The van der Waals surface area contributed by atoms with Gasteiger partial charge >= 0.3 is 0 Å².